The Bertz CT molecular complexity index is 1180. The van der Waals surface area contributed by atoms with Crippen LogP contribution in [0.15, 0.2) is 78.5 Å². The number of hydrogen-bond donors (Lipinski definition) is 1. The first-order chi connectivity index (χ1) is 15.5. The van der Waals surface area contributed by atoms with Crippen molar-refractivity contribution >= 4 is 28.8 Å². The molecule has 3 aromatic carbocycles. The van der Waals surface area contributed by atoms with E-state index in [9.17, 15) is 9.59 Å². The molecule has 0 spiro atoms. The maximum Gasteiger partial charge on any atom is 0.282 e. The molecule has 0 saturated carbocycles. The van der Waals surface area contributed by atoms with Gasteiger partial charge in [0.1, 0.15) is 17.2 Å². The summed E-state index contributed by atoms with van der Waals surface area (Å²) in [6.07, 6.45) is 0. The van der Waals surface area contributed by atoms with Crippen LogP contribution in [0.3, 0.4) is 0 Å². The van der Waals surface area contributed by atoms with Crippen LogP contribution in [0.5, 0.6) is 11.5 Å². The molecule has 1 aliphatic heterocycles. The highest BCUT2D eigenvalue weighted by molar-refractivity contribution is 6.46. The number of nitrogens with zero attached hydrogens (tertiary/aromatic N) is 1. The van der Waals surface area contributed by atoms with E-state index < -0.39 is 11.8 Å². The molecule has 6 heteroatoms. The number of aryl methyl sites for hydroxylation is 1. The number of imide groups is 1. The van der Waals surface area contributed by atoms with E-state index >= 15 is 0 Å². The lowest BCUT2D eigenvalue weighted by atomic mass is 10.0. The molecule has 0 unspecified atom stereocenters. The number of methoxy groups -OCH3 is 1. The predicted molar refractivity (Wildman–Crippen MR) is 125 cm³/mol. The Kier molecular flexibility index (Phi) is 5.94. The first kappa shape index (κ1) is 21.2. The van der Waals surface area contributed by atoms with Gasteiger partial charge in [0.15, 0.2) is 0 Å². The molecule has 1 aliphatic rings. The van der Waals surface area contributed by atoms with Crippen LogP contribution in [-0.4, -0.2) is 25.5 Å². The van der Waals surface area contributed by atoms with Gasteiger partial charge in [-0.05, 0) is 55.8 Å². The van der Waals surface area contributed by atoms with Crippen LogP contribution in [0.4, 0.5) is 11.4 Å². The van der Waals surface area contributed by atoms with E-state index in [1.54, 1.807) is 49.6 Å². The lowest BCUT2D eigenvalue weighted by Crippen LogP contribution is -2.32. The topological polar surface area (TPSA) is 67.9 Å². The molecule has 32 heavy (non-hydrogen) atoms. The zero-order chi connectivity index (χ0) is 22.7. The first-order valence-corrected chi connectivity index (χ1v) is 10.4. The molecular weight excluding hydrogens is 404 g/mol. The Morgan fingerprint density at radius 2 is 1.56 bits per heavy atom. The van der Waals surface area contributed by atoms with Gasteiger partial charge in [-0.15, -0.1) is 0 Å². The minimum absolute atomic E-state index is 0.218. The number of rotatable bonds is 7. The standard InChI is InChI=1S/C26H24N2O4/c1-4-32-22-8-6-5-7-21(22)28-25(29)23(18-11-15-20(31-3)16-12-18)24(26(28)30)27-19-13-9-17(2)10-14-19/h5-16,27H,4H2,1-3H3. The molecule has 0 fully saturated rings. The van der Waals surface area contributed by atoms with Gasteiger partial charge in [-0.2, -0.15) is 0 Å². The second-order valence-corrected chi connectivity index (χ2v) is 7.32. The van der Waals surface area contributed by atoms with Crippen molar-refractivity contribution < 1.29 is 19.1 Å². The summed E-state index contributed by atoms with van der Waals surface area (Å²) in [6.45, 7) is 4.26. The van der Waals surface area contributed by atoms with Crippen molar-refractivity contribution in [3.8, 4) is 11.5 Å². The van der Waals surface area contributed by atoms with Crippen LogP contribution >= 0.6 is 0 Å². The van der Waals surface area contributed by atoms with Gasteiger partial charge in [-0.1, -0.05) is 42.0 Å². The number of ether oxygens (including phenoxy) is 2. The Morgan fingerprint density at radius 3 is 2.22 bits per heavy atom. The van der Waals surface area contributed by atoms with Crippen molar-refractivity contribution in [3.63, 3.8) is 0 Å². The molecule has 0 atom stereocenters. The Hall–Kier alpha value is -4.06. The van der Waals surface area contributed by atoms with Crippen molar-refractivity contribution in [2.24, 2.45) is 0 Å². The summed E-state index contributed by atoms with van der Waals surface area (Å²) < 4.78 is 10.9. The summed E-state index contributed by atoms with van der Waals surface area (Å²) in [7, 11) is 1.58. The molecular formula is C26H24N2O4. The molecule has 1 heterocycles. The van der Waals surface area contributed by atoms with Gasteiger partial charge in [0.2, 0.25) is 0 Å². The monoisotopic (exact) mass is 428 g/mol. The highest BCUT2D eigenvalue weighted by atomic mass is 16.5. The minimum atomic E-state index is -0.437. The molecule has 0 aromatic heterocycles. The second kappa shape index (κ2) is 8.98. The van der Waals surface area contributed by atoms with E-state index in [1.165, 1.54) is 4.90 Å². The quantitative estimate of drug-likeness (QED) is 0.548. The van der Waals surface area contributed by atoms with E-state index in [-0.39, 0.29) is 5.70 Å². The average Bonchev–Trinajstić information content (AvgIpc) is 3.05. The maximum atomic E-state index is 13.6. The smallest absolute Gasteiger partial charge is 0.282 e. The summed E-state index contributed by atoms with van der Waals surface area (Å²) in [6, 6.07) is 21.8. The van der Waals surface area contributed by atoms with Crippen molar-refractivity contribution in [3.05, 3.63) is 89.6 Å². The zero-order valence-electron chi connectivity index (χ0n) is 18.2. The molecule has 162 valence electrons. The SMILES string of the molecule is CCOc1ccccc1N1C(=O)C(Nc2ccc(C)cc2)=C(c2ccc(OC)cc2)C1=O. The number of amides is 2. The van der Waals surface area contributed by atoms with E-state index in [1.807, 2.05) is 44.2 Å². The zero-order valence-corrected chi connectivity index (χ0v) is 18.2. The van der Waals surface area contributed by atoms with E-state index in [0.717, 1.165) is 11.3 Å². The van der Waals surface area contributed by atoms with E-state index in [4.69, 9.17) is 9.47 Å². The van der Waals surface area contributed by atoms with Crippen molar-refractivity contribution in [1.29, 1.82) is 0 Å². The third kappa shape index (κ3) is 3.95. The fourth-order valence-corrected chi connectivity index (χ4v) is 3.59. The summed E-state index contributed by atoms with van der Waals surface area (Å²) in [5.74, 6) is 0.288. The number of carbonyl (C=O) groups excluding carboxylic acids is 2. The largest absolute Gasteiger partial charge is 0.497 e. The molecule has 0 saturated heterocycles. The second-order valence-electron chi connectivity index (χ2n) is 7.32. The summed E-state index contributed by atoms with van der Waals surface area (Å²) in [4.78, 5) is 28.3. The Labute approximate surface area is 187 Å². The Balaban J connectivity index is 1.81. The normalized spacial score (nSPS) is 13.5. The third-order valence-corrected chi connectivity index (χ3v) is 5.19. The van der Waals surface area contributed by atoms with Crippen LogP contribution in [-0.2, 0) is 9.59 Å². The highest BCUT2D eigenvalue weighted by Crippen LogP contribution is 2.38. The summed E-state index contributed by atoms with van der Waals surface area (Å²) in [5, 5.41) is 3.17. The number of para-hydroxylation sites is 2. The number of benzene rings is 3. The molecule has 4 rings (SSSR count). The van der Waals surface area contributed by atoms with Gasteiger partial charge in [0, 0.05) is 5.69 Å². The van der Waals surface area contributed by atoms with Gasteiger partial charge in [-0.25, -0.2) is 4.90 Å². The molecule has 1 N–H and O–H groups in total. The van der Waals surface area contributed by atoms with Crippen molar-refractivity contribution in [1.82, 2.24) is 0 Å². The number of nitrogens with one attached hydrogen (secondary N) is 1. The van der Waals surface area contributed by atoms with Crippen molar-refractivity contribution in [2.45, 2.75) is 13.8 Å². The lowest BCUT2D eigenvalue weighted by Gasteiger charge is -2.19. The fourth-order valence-electron chi connectivity index (χ4n) is 3.59. The van der Waals surface area contributed by atoms with Crippen LogP contribution < -0.4 is 19.7 Å². The Morgan fingerprint density at radius 1 is 0.875 bits per heavy atom. The molecule has 6 nitrogen and oxygen atoms in total. The van der Waals surface area contributed by atoms with Gasteiger partial charge >= 0.3 is 0 Å². The maximum absolute atomic E-state index is 13.6. The van der Waals surface area contributed by atoms with Gasteiger partial charge in [0.05, 0.1) is 25.0 Å². The van der Waals surface area contributed by atoms with Crippen LogP contribution in [0.2, 0.25) is 0 Å². The molecule has 2 amide bonds. The number of hydrogen-bond acceptors (Lipinski definition) is 5. The molecule has 0 bridgehead atoms. The first-order valence-electron chi connectivity index (χ1n) is 10.4. The van der Waals surface area contributed by atoms with Gasteiger partial charge < -0.3 is 14.8 Å². The molecule has 3 aromatic rings. The van der Waals surface area contributed by atoms with Crippen LogP contribution in [0.25, 0.3) is 5.57 Å². The lowest BCUT2D eigenvalue weighted by molar-refractivity contribution is -0.120. The number of carbonyl (C=O) groups is 2. The predicted octanol–water partition coefficient (Wildman–Crippen LogP) is 4.80. The van der Waals surface area contributed by atoms with Crippen molar-refractivity contribution in [2.75, 3.05) is 23.9 Å². The molecule has 0 aliphatic carbocycles. The van der Waals surface area contributed by atoms with Crippen LogP contribution in [0.1, 0.15) is 18.1 Å². The summed E-state index contributed by atoms with van der Waals surface area (Å²) >= 11 is 0. The number of anilines is 2. The van der Waals surface area contributed by atoms with Gasteiger partial charge in [0.25, 0.3) is 11.8 Å². The minimum Gasteiger partial charge on any atom is -0.497 e. The highest BCUT2D eigenvalue weighted by Gasteiger charge is 2.41. The van der Waals surface area contributed by atoms with Crippen LogP contribution in [0, 0.1) is 6.92 Å². The third-order valence-electron chi connectivity index (χ3n) is 5.19. The van der Waals surface area contributed by atoms with Gasteiger partial charge in [-0.3, -0.25) is 9.59 Å². The van der Waals surface area contributed by atoms with E-state index in [2.05, 4.69) is 5.32 Å². The average molecular weight is 428 g/mol. The van der Waals surface area contributed by atoms with E-state index in [0.29, 0.717) is 34.9 Å². The fraction of sp³-hybridized carbons (Fsp3) is 0.154. The summed E-state index contributed by atoms with van der Waals surface area (Å²) in [5.41, 5.74) is 3.37. The molecule has 0 radical (unpaired) electrons.